The highest BCUT2D eigenvalue weighted by Gasteiger charge is 2.62. The molecule has 2 amide bonds. The summed E-state index contributed by atoms with van der Waals surface area (Å²) in [6, 6.07) is 10.3. The Kier molecular flexibility index (Phi) is 6.47. The molecule has 2 saturated carbocycles. The standard InChI is InChI=1S/C30H28F4N6O2/c1-15-4-6-19(38-27(41)23-10-29(23,31)32)8-21(15)26-37-17(3)13-40(26)14-18-5-7-20(39-28(42)24-11-30(24,33)34)9-22(18)25-35-12-16(2)36-25/h4-9,12-13,23-24H,10-11,14H2,1-3H3,(H,35,36)(H,38,41)(H,39,42)/t23-,24+/m0/s1. The van der Waals surface area contributed by atoms with Crippen LogP contribution in [0.1, 0.15) is 35.4 Å². The molecule has 218 valence electrons. The number of nitrogens with zero attached hydrogens (tertiary/aromatic N) is 3. The second-order valence-corrected chi connectivity index (χ2v) is 11.2. The predicted molar refractivity (Wildman–Crippen MR) is 148 cm³/mol. The molecule has 0 radical (unpaired) electrons. The van der Waals surface area contributed by atoms with Crippen molar-refractivity contribution in [2.75, 3.05) is 10.6 Å². The second kappa shape index (κ2) is 9.81. The monoisotopic (exact) mass is 580 g/mol. The third-order valence-electron chi connectivity index (χ3n) is 7.60. The molecule has 2 aliphatic rings. The van der Waals surface area contributed by atoms with Crippen molar-refractivity contribution in [3.05, 3.63) is 71.3 Å². The minimum absolute atomic E-state index is 0.338. The highest BCUT2D eigenvalue weighted by molar-refractivity contribution is 5.96. The average molecular weight is 581 g/mol. The topological polar surface area (TPSA) is 105 Å². The number of carbonyl (C=O) groups excluding carboxylic acids is 2. The Morgan fingerprint density at radius 2 is 1.50 bits per heavy atom. The number of H-pyrrole nitrogens is 1. The smallest absolute Gasteiger partial charge is 0.260 e. The van der Waals surface area contributed by atoms with Gasteiger partial charge in [0.15, 0.2) is 0 Å². The Morgan fingerprint density at radius 1 is 0.929 bits per heavy atom. The molecule has 2 heterocycles. The van der Waals surface area contributed by atoms with Gasteiger partial charge in [-0.15, -0.1) is 0 Å². The summed E-state index contributed by atoms with van der Waals surface area (Å²) in [5.74, 6) is -8.87. The second-order valence-electron chi connectivity index (χ2n) is 11.2. The van der Waals surface area contributed by atoms with Gasteiger partial charge in [0, 0.05) is 60.0 Å². The van der Waals surface area contributed by atoms with Crippen molar-refractivity contribution in [1.82, 2.24) is 19.5 Å². The third kappa shape index (κ3) is 5.40. The molecule has 6 rings (SSSR count). The Bertz CT molecular complexity index is 1730. The third-order valence-corrected chi connectivity index (χ3v) is 7.60. The van der Waals surface area contributed by atoms with Crippen molar-refractivity contribution in [2.45, 2.75) is 52.0 Å². The van der Waals surface area contributed by atoms with Gasteiger partial charge in [-0.25, -0.2) is 27.5 Å². The van der Waals surface area contributed by atoms with Gasteiger partial charge in [-0.3, -0.25) is 9.59 Å². The van der Waals surface area contributed by atoms with Gasteiger partial charge in [-0.1, -0.05) is 12.1 Å². The van der Waals surface area contributed by atoms with E-state index in [0.717, 1.165) is 22.5 Å². The van der Waals surface area contributed by atoms with Crippen molar-refractivity contribution in [3.8, 4) is 22.8 Å². The van der Waals surface area contributed by atoms with Crippen LogP contribution in [0.25, 0.3) is 22.8 Å². The van der Waals surface area contributed by atoms with Crippen LogP contribution in [0.2, 0.25) is 0 Å². The molecule has 0 aliphatic heterocycles. The van der Waals surface area contributed by atoms with Gasteiger partial charge < -0.3 is 20.2 Å². The van der Waals surface area contributed by atoms with Crippen molar-refractivity contribution in [3.63, 3.8) is 0 Å². The SMILES string of the molecule is Cc1cn(Cc2ccc(NC(=O)[C@H]3CC3(F)F)cc2-c2ncc(C)[nH]2)c(-c2cc(NC(=O)[C@@H]3CC3(F)F)ccc2C)n1. The molecule has 8 nitrogen and oxygen atoms in total. The fourth-order valence-electron chi connectivity index (χ4n) is 5.02. The lowest BCUT2D eigenvalue weighted by Gasteiger charge is -2.15. The number of imidazole rings is 2. The minimum Gasteiger partial charge on any atom is -0.342 e. The fourth-order valence-corrected chi connectivity index (χ4v) is 5.02. The van der Waals surface area contributed by atoms with Gasteiger partial charge in [-0.2, -0.15) is 0 Å². The number of nitrogens with one attached hydrogen (secondary N) is 3. The summed E-state index contributed by atoms with van der Waals surface area (Å²) in [5, 5.41) is 5.19. The van der Waals surface area contributed by atoms with Crippen LogP contribution in [-0.2, 0) is 16.1 Å². The van der Waals surface area contributed by atoms with Crippen LogP contribution in [0.15, 0.2) is 48.8 Å². The number of aryl methyl sites for hydroxylation is 3. The molecule has 0 unspecified atom stereocenters. The zero-order valence-corrected chi connectivity index (χ0v) is 23.1. The van der Waals surface area contributed by atoms with E-state index in [1.807, 2.05) is 31.5 Å². The summed E-state index contributed by atoms with van der Waals surface area (Å²) in [4.78, 5) is 37.0. The number of amides is 2. The molecule has 12 heteroatoms. The maximum absolute atomic E-state index is 13.4. The molecule has 3 N–H and O–H groups in total. The molecule has 42 heavy (non-hydrogen) atoms. The van der Waals surface area contributed by atoms with Crippen molar-refractivity contribution in [2.24, 2.45) is 11.8 Å². The number of carbonyl (C=O) groups is 2. The molecule has 2 atom stereocenters. The van der Waals surface area contributed by atoms with Crippen molar-refractivity contribution >= 4 is 23.2 Å². The number of hydrogen-bond acceptors (Lipinski definition) is 4. The van der Waals surface area contributed by atoms with E-state index in [4.69, 9.17) is 4.98 Å². The van der Waals surface area contributed by atoms with Gasteiger partial charge in [-0.05, 0) is 56.2 Å². The van der Waals surface area contributed by atoms with Gasteiger partial charge in [0.25, 0.3) is 11.8 Å². The number of halogens is 4. The number of benzene rings is 2. The molecule has 2 aliphatic carbocycles. The molecular weight excluding hydrogens is 552 g/mol. The number of rotatable bonds is 8. The van der Waals surface area contributed by atoms with Crippen molar-refractivity contribution < 1.29 is 27.2 Å². The largest absolute Gasteiger partial charge is 0.342 e. The first kappa shape index (κ1) is 27.7. The highest BCUT2D eigenvalue weighted by Crippen LogP contribution is 2.50. The zero-order valence-electron chi connectivity index (χ0n) is 23.1. The van der Waals surface area contributed by atoms with Gasteiger partial charge in [0.1, 0.15) is 23.5 Å². The van der Waals surface area contributed by atoms with E-state index < -0.39 is 48.3 Å². The number of hydrogen-bond donors (Lipinski definition) is 3. The van der Waals surface area contributed by atoms with E-state index in [1.165, 1.54) is 0 Å². The van der Waals surface area contributed by atoms with Gasteiger partial charge >= 0.3 is 0 Å². The van der Waals surface area contributed by atoms with Crippen LogP contribution in [0.3, 0.4) is 0 Å². The Morgan fingerprint density at radius 3 is 2.05 bits per heavy atom. The lowest BCUT2D eigenvalue weighted by atomic mass is 10.0. The average Bonchev–Trinajstić information content (AvgIpc) is 3.59. The van der Waals surface area contributed by atoms with Gasteiger partial charge in [0.2, 0.25) is 11.8 Å². The fraction of sp³-hybridized carbons (Fsp3) is 0.333. The summed E-state index contributed by atoms with van der Waals surface area (Å²) >= 11 is 0. The molecule has 0 saturated heterocycles. The number of aromatic amines is 1. The van der Waals surface area contributed by atoms with Crippen LogP contribution in [0.5, 0.6) is 0 Å². The summed E-state index contributed by atoms with van der Waals surface area (Å²) in [5.41, 5.74) is 5.39. The van der Waals surface area contributed by atoms with E-state index >= 15 is 0 Å². The Hall–Kier alpha value is -4.48. The minimum atomic E-state index is -2.97. The molecule has 2 aromatic heterocycles. The molecule has 0 spiro atoms. The molecule has 4 aromatic rings. The quantitative estimate of drug-likeness (QED) is 0.219. The highest BCUT2D eigenvalue weighted by atomic mass is 19.3. The zero-order chi connectivity index (χ0) is 30.0. The maximum atomic E-state index is 13.4. The maximum Gasteiger partial charge on any atom is 0.260 e. The van der Waals surface area contributed by atoms with E-state index in [1.54, 1.807) is 42.6 Å². The first-order chi connectivity index (χ1) is 19.8. The Balaban J connectivity index is 1.31. The number of anilines is 2. The first-order valence-corrected chi connectivity index (χ1v) is 13.5. The van der Waals surface area contributed by atoms with Crippen LogP contribution in [0, 0.1) is 32.6 Å². The Labute approximate surface area is 238 Å². The lowest BCUT2D eigenvalue weighted by Crippen LogP contribution is -2.17. The summed E-state index contributed by atoms with van der Waals surface area (Å²) < 4.78 is 55.6. The molecule has 0 bridgehead atoms. The normalized spacial score (nSPS) is 19.8. The lowest BCUT2D eigenvalue weighted by molar-refractivity contribution is -0.120. The van der Waals surface area contributed by atoms with E-state index in [-0.39, 0.29) is 0 Å². The first-order valence-electron chi connectivity index (χ1n) is 13.5. The molecule has 2 fully saturated rings. The van der Waals surface area contributed by atoms with E-state index in [0.29, 0.717) is 40.7 Å². The van der Waals surface area contributed by atoms with Crippen LogP contribution in [-0.4, -0.2) is 43.2 Å². The number of alkyl halides is 4. The van der Waals surface area contributed by atoms with Crippen LogP contribution < -0.4 is 10.6 Å². The number of aromatic nitrogens is 4. The van der Waals surface area contributed by atoms with Crippen molar-refractivity contribution in [1.29, 1.82) is 0 Å². The van der Waals surface area contributed by atoms with E-state index in [2.05, 4.69) is 20.6 Å². The summed E-state index contributed by atoms with van der Waals surface area (Å²) in [6.45, 7) is 5.93. The van der Waals surface area contributed by atoms with Crippen LogP contribution >= 0.6 is 0 Å². The predicted octanol–water partition coefficient (Wildman–Crippen LogP) is 6.10. The molecule has 2 aromatic carbocycles. The van der Waals surface area contributed by atoms with E-state index in [9.17, 15) is 27.2 Å². The molecular formula is C30H28F4N6O2. The summed E-state index contributed by atoms with van der Waals surface area (Å²) in [7, 11) is 0. The van der Waals surface area contributed by atoms with Crippen LogP contribution in [0.4, 0.5) is 28.9 Å². The van der Waals surface area contributed by atoms with Gasteiger partial charge in [0.05, 0.1) is 5.69 Å². The summed E-state index contributed by atoms with van der Waals surface area (Å²) in [6.07, 6.45) is 2.63.